The summed E-state index contributed by atoms with van der Waals surface area (Å²) in [6.07, 6.45) is 78.6. The lowest BCUT2D eigenvalue weighted by Crippen LogP contribution is -2.60. The van der Waals surface area contributed by atoms with Crippen molar-refractivity contribution >= 4 is 11.9 Å². The van der Waals surface area contributed by atoms with Crippen LogP contribution in [-0.2, 0) is 23.8 Å². The van der Waals surface area contributed by atoms with Crippen LogP contribution in [0.3, 0.4) is 0 Å². The SMILES string of the molecule is CCCCCCCC/C=C\CCCCCCCCCCCC(=O)OCCCCCCCCCCC/C=C\C/C=C\CCCCCCCCCCCCCCCCCCCC(=O)NC(COC1OC(CO)C(O)C(O)C1O)C(O)/C=C/CCCCCCCCC. The lowest BCUT2D eigenvalue weighted by Gasteiger charge is -2.40. The molecule has 0 bridgehead atoms. The Labute approximate surface area is 548 Å². The highest BCUT2D eigenvalue weighted by Crippen LogP contribution is 2.23. The first kappa shape index (κ1) is 84.6. The van der Waals surface area contributed by atoms with E-state index in [1.165, 1.54) is 283 Å². The van der Waals surface area contributed by atoms with E-state index in [0.717, 1.165) is 64.2 Å². The van der Waals surface area contributed by atoms with Gasteiger partial charge in [0.15, 0.2) is 6.29 Å². The summed E-state index contributed by atoms with van der Waals surface area (Å²) in [5.41, 5.74) is 0. The Balaban J connectivity index is 1.88. The molecule has 11 nitrogen and oxygen atoms in total. The van der Waals surface area contributed by atoms with Crippen molar-refractivity contribution in [3.8, 4) is 0 Å². The standard InChI is InChI=1S/C78H145NO10/c1-3-5-7-9-11-13-14-15-16-17-33-37-40-43-46-50-54-58-62-66-74(83)87-67-63-59-55-51-47-44-41-38-35-32-30-28-26-24-22-20-18-19-21-23-25-27-29-31-34-36-39-42-45-49-53-57-61-65-73(82)79-70(71(81)64-60-56-52-48-12-10-8-6-4-2)69-88-78-77(86)76(85)75(84)72(68-80)89-78/h15-16,22,24,28,30,60,64,70-72,75-78,80-81,84-86H,3-14,17-21,23,25-27,29,31-59,61-63,65-69H2,1-2H3,(H,79,82)/b16-15-,24-22-,30-28-,64-60+. The summed E-state index contributed by atoms with van der Waals surface area (Å²) in [6.45, 7) is 4.34. The van der Waals surface area contributed by atoms with Crippen molar-refractivity contribution in [2.45, 2.75) is 416 Å². The van der Waals surface area contributed by atoms with Gasteiger partial charge in [-0.1, -0.05) is 319 Å². The number of aliphatic hydroxyl groups excluding tert-OH is 5. The Morgan fingerprint density at radius 1 is 0.416 bits per heavy atom. The monoisotopic (exact) mass is 1260 g/mol. The van der Waals surface area contributed by atoms with E-state index in [1.54, 1.807) is 6.08 Å². The fraction of sp³-hybridized carbons (Fsp3) is 0.872. The van der Waals surface area contributed by atoms with Gasteiger partial charge in [0, 0.05) is 12.8 Å². The van der Waals surface area contributed by atoms with Crippen molar-refractivity contribution in [3.05, 3.63) is 48.6 Å². The van der Waals surface area contributed by atoms with Crippen molar-refractivity contribution in [1.82, 2.24) is 5.32 Å². The minimum atomic E-state index is -1.57. The fourth-order valence-electron chi connectivity index (χ4n) is 12.1. The van der Waals surface area contributed by atoms with Crippen LogP contribution in [-0.4, -0.2) is 100 Å². The van der Waals surface area contributed by atoms with Crippen LogP contribution >= 0.6 is 0 Å². The Bertz CT molecular complexity index is 1620. The van der Waals surface area contributed by atoms with Gasteiger partial charge in [0.25, 0.3) is 0 Å². The molecule has 11 heteroatoms. The molecule has 7 atom stereocenters. The summed E-state index contributed by atoms with van der Waals surface area (Å²) in [6, 6.07) is -0.808. The molecule has 0 radical (unpaired) electrons. The molecule has 0 aromatic heterocycles. The number of esters is 1. The maximum absolute atomic E-state index is 13.0. The first-order valence-corrected chi connectivity index (χ1v) is 38.4. The van der Waals surface area contributed by atoms with Crippen LogP contribution in [0.15, 0.2) is 48.6 Å². The molecule has 1 aliphatic rings. The first-order chi connectivity index (χ1) is 43.7. The van der Waals surface area contributed by atoms with E-state index in [1.807, 2.05) is 6.08 Å². The molecule has 89 heavy (non-hydrogen) atoms. The number of carbonyl (C=O) groups excluding carboxylic acids is 2. The quantitative estimate of drug-likeness (QED) is 0.0195. The van der Waals surface area contributed by atoms with Crippen LogP contribution in [0.4, 0.5) is 0 Å². The average Bonchev–Trinajstić information content (AvgIpc) is 1.96. The van der Waals surface area contributed by atoms with Crippen LogP contribution in [0.5, 0.6) is 0 Å². The number of rotatable bonds is 68. The Morgan fingerprint density at radius 3 is 1.15 bits per heavy atom. The smallest absolute Gasteiger partial charge is 0.305 e. The minimum Gasteiger partial charge on any atom is -0.466 e. The van der Waals surface area contributed by atoms with Gasteiger partial charge in [0.1, 0.15) is 24.4 Å². The third-order valence-electron chi connectivity index (χ3n) is 18.2. The molecule has 0 aromatic rings. The molecule has 0 saturated carbocycles. The Kier molecular flexibility index (Phi) is 63.8. The third kappa shape index (κ3) is 55.8. The van der Waals surface area contributed by atoms with Gasteiger partial charge >= 0.3 is 5.97 Å². The Morgan fingerprint density at radius 2 is 0.753 bits per heavy atom. The summed E-state index contributed by atoms with van der Waals surface area (Å²) >= 11 is 0. The van der Waals surface area contributed by atoms with Gasteiger partial charge in [-0.15, -0.1) is 0 Å². The van der Waals surface area contributed by atoms with E-state index >= 15 is 0 Å². The lowest BCUT2D eigenvalue weighted by atomic mass is 9.99. The van der Waals surface area contributed by atoms with Gasteiger partial charge < -0.3 is 45.1 Å². The van der Waals surface area contributed by atoms with Crippen molar-refractivity contribution in [2.75, 3.05) is 19.8 Å². The van der Waals surface area contributed by atoms with Gasteiger partial charge in [-0.25, -0.2) is 0 Å². The largest absolute Gasteiger partial charge is 0.466 e. The zero-order chi connectivity index (χ0) is 64.4. The van der Waals surface area contributed by atoms with Gasteiger partial charge in [-0.3, -0.25) is 9.59 Å². The first-order valence-electron chi connectivity index (χ1n) is 38.4. The second-order valence-corrected chi connectivity index (χ2v) is 26.7. The summed E-state index contributed by atoms with van der Waals surface area (Å²) in [5, 5.41) is 54.3. The van der Waals surface area contributed by atoms with Crippen LogP contribution in [0.25, 0.3) is 0 Å². The van der Waals surface area contributed by atoms with Crippen LogP contribution < -0.4 is 5.32 Å². The van der Waals surface area contributed by atoms with E-state index in [-0.39, 0.29) is 18.5 Å². The maximum atomic E-state index is 13.0. The zero-order valence-corrected chi connectivity index (χ0v) is 58.2. The number of nitrogens with one attached hydrogen (secondary N) is 1. The van der Waals surface area contributed by atoms with E-state index in [2.05, 4.69) is 55.6 Å². The molecule has 1 heterocycles. The fourth-order valence-corrected chi connectivity index (χ4v) is 12.1. The van der Waals surface area contributed by atoms with Crippen molar-refractivity contribution in [2.24, 2.45) is 0 Å². The number of allylic oxidation sites excluding steroid dienone is 7. The molecule has 6 N–H and O–H groups in total. The molecule has 1 aliphatic heterocycles. The predicted octanol–water partition coefficient (Wildman–Crippen LogP) is 20.3. The molecular formula is C78H145NO10. The van der Waals surface area contributed by atoms with E-state index < -0.39 is 49.5 Å². The van der Waals surface area contributed by atoms with Gasteiger partial charge in [0.05, 0.1) is 32.0 Å². The highest BCUT2D eigenvalue weighted by Gasteiger charge is 2.44. The lowest BCUT2D eigenvalue weighted by molar-refractivity contribution is -0.302. The molecule has 0 aromatic carbocycles. The minimum absolute atomic E-state index is 0.00679. The van der Waals surface area contributed by atoms with E-state index in [4.69, 9.17) is 14.2 Å². The predicted molar refractivity (Wildman–Crippen MR) is 375 cm³/mol. The van der Waals surface area contributed by atoms with Crippen LogP contribution in [0, 0.1) is 0 Å². The summed E-state index contributed by atoms with van der Waals surface area (Å²) < 4.78 is 16.7. The van der Waals surface area contributed by atoms with Gasteiger partial charge in [0.2, 0.25) is 5.91 Å². The zero-order valence-electron chi connectivity index (χ0n) is 58.2. The number of aliphatic hydroxyl groups is 5. The molecule has 7 unspecified atom stereocenters. The number of unbranched alkanes of at least 4 members (excludes halogenated alkanes) is 48. The highest BCUT2D eigenvalue weighted by molar-refractivity contribution is 5.76. The maximum Gasteiger partial charge on any atom is 0.305 e. The van der Waals surface area contributed by atoms with E-state index in [9.17, 15) is 35.1 Å². The molecular weight excluding hydrogens is 1110 g/mol. The third-order valence-corrected chi connectivity index (χ3v) is 18.2. The van der Waals surface area contributed by atoms with Gasteiger partial charge in [-0.2, -0.15) is 0 Å². The van der Waals surface area contributed by atoms with Crippen molar-refractivity contribution in [3.63, 3.8) is 0 Å². The molecule has 1 rings (SSSR count). The summed E-state index contributed by atoms with van der Waals surface area (Å²) in [7, 11) is 0. The highest BCUT2D eigenvalue weighted by atomic mass is 16.7. The number of hydrogen-bond donors (Lipinski definition) is 6. The second kappa shape index (κ2) is 67.1. The molecule has 1 amide bonds. The molecule has 0 spiro atoms. The molecule has 522 valence electrons. The molecule has 1 saturated heterocycles. The molecule has 1 fully saturated rings. The second-order valence-electron chi connectivity index (χ2n) is 26.7. The number of hydrogen-bond acceptors (Lipinski definition) is 10. The topological polar surface area (TPSA) is 175 Å². The number of amides is 1. The number of carbonyl (C=O) groups is 2. The van der Waals surface area contributed by atoms with Gasteiger partial charge in [-0.05, 0) is 89.9 Å². The molecule has 0 aliphatic carbocycles. The summed E-state index contributed by atoms with van der Waals surface area (Å²) in [4.78, 5) is 25.2. The van der Waals surface area contributed by atoms with Crippen molar-refractivity contribution < 1.29 is 49.3 Å². The van der Waals surface area contributed by atoms with Crippen LogP contribution in [0.1, 0.15) is 373 Å². The van der Waals surface area contributed by atoms with Crippen molar-refractivity contribution in [1.29, 1.82) is 0 Å². The summed E-state index contributed by atoms with van der Waals surface area (Å²) in [5.74, 6) is -0.174. The number of ether oxygens (including phenoxy) is 3. The van der Waals surface area contributed by atoms with Crippen LogP contribution in [0.2, 0.25) is 0 Å². The normalized spacial score (nSPS) is 17.9. The Hall–Kier alpha value is -2.38. The average molecular weight is 1260 g/mol. The van der Waals surface area contributed by atoms with E-state index in [0.29, 0.717) is 19.4 Å².